The Hall–Kier alpha value is -2.16. The molecule has 0 radical (unpaired) electrons. The number of urea groups is 1. The molecule has 3 atom stereocenters. The number of hydrogen-bond donors (Lipinski definition) is 3. The molecule has 1 aliphatic rings. The molecule has 0 aliphatic carbocycles. The number of rotatable bonds is 2. The predicted octanol–water partition coefficient (Wildman–Crippen LogP) is 0.892. The van der Waals surface area contributed by atoms with Crippen molar-refractivity contribution in [3.05, 3.63) is 30.1 Å². The first kappa shape index (κ1) is 15.2. The van der Waals surface area contributed by atoms with Gasteiger partial charge in [-0.1, -0.05) is 6.07 Å². The Balaban J connectivity index is 2.54. The topological polar surface area (TPSA) is 91.3 Å². The number of pyridine rings is 1. The van der Waals surface area contributed by atoms with Crippen molar-refractivity contribution in [3.63, 3.8) is 0 Å². The number of ketones is 1. The number of nitrogens with one attached hydrogen (secondary N) is 2. The molecule has 1 aromatic rings. The minimum absolute atomic E-state index is 0.190. The van der Waals surface area contributed by atoms with Crippen molar-refractivity contribution in [1.29, 1.82) is 0 Å². The Labute approximate surface area is 117 Å². The lowest BCUT2D eigenvalue weighted by atomic mass is 9.80. The standard InChI is InChI=1S/C12H12F3N3O3/c1-6(19)8-9(7-3-2-4-16-5-7)17-10(20)18-11(8,21)12(13,14)15/h2-5,8-9,21H,1H3,(H2,17,18,20)/t8-,9+,11-/m1/s1. The van der Waals surface area contributed by atoms with Crippen LogP contribution in [0.25, 0.3) is 0 Å². The van der Waals surface area contributed by atoms with Crippen LogP contribution in [0.3, 0.4) is 0 Å². The van der Waals surface area contributed by atoms with Crippen LogP contribution in [0.5, 0.6) is 0 Å². The predicted molar refractivity (Wildman–Crippen MR) is 63.8 cm³/mol. The minimum Gasteiger partial charge on any atom is -0.363 e. The van der Waals surface area contributed by atoms with E-state index in [1.54, 1.807) is 0 Å². The molecule has 0 bridgehead atoms. The van der Waals surface area contributed by atoms with Gasteiger partial charge in [0.1, 0.15) is 5.78 Å². The second-order valence-electron chi connectivity index (χ2n) is 4.71. The second-order valence-corrected chi connectivity index (χ2v) is 4.71. The average molecular weight is 303 g/mol. The monoisotopic (exact) mass is 303 g/mol. The normalized spacial score (nSPS) is 29.5. The van der Waals surface area contributed by atoms with E-state index in [1.165, 1.54) is 29.8 Å². The summed E-state index contributed by atoms with van der Waals surface area (Å²) in [4.78, 5) is 26.9. The smallest absolute Gasteiger partial charge is 0.363 e. The van der Waals surface area contributed by atoms with Crippen LogP contribution in [-0.2, 0) is 4.79 Å². The van der Waals surface area contributed by atoms with Gasteiger partial charge in [0.2, 0.25) is 5.72 Å². The summed E-state index contributed by atoms with van der Waals surface area (Å²) >= 11 is 0. The summed E-state index contributed by atoms with van der Waals surface area (Å²) in [5, 5.41) is 13.5. The number of amides is 2. The van der Waals surface area contributed by atoms with Gasteiger partial charge in [-0.05, 0) is 18.6 Å². The first-order valence-electron chi connectivity index (χ1n) is 5.95. The van der Waals surface area contributed by atoms with Gasteiger partial charge in [0.15, 0.2) is 0 Å². The number of Topliss-reactive ketones (excluding diaryl/α,β-unsaturated/α-hetero) is 1. The van der Waals surface area contributed by atoms with Crippen molar-refractivity contribution in [3.8, 4) is 0 Å². The Kier molecular flexibility index (Phi) is 3.62. The Bertz CT molecular complexity index is 564. The number of nitrogens with zero attached hydrogens (tertiary/aromatic N) is 1. The van der Waals surface area contributed by atoms with E-state index in [4.69, 9.17) is 0 Å². The van der Waals surface area contributed by atoms with E-state index >= 15 is 0 Å². The fourth-order valence-electron chi connectivity index (χ4n) is 2.36. The average Bonchev–Trinajstić information content (AvgIpc) is 2.37. The van der Waals surface area contributed by atoms with E-state index in [9.17, 15) is 27.9 Å². The molecule has 1 saturated heterocycles. The molecule has 0 unspecified atom stereocenters. The van der Waals surface area contributed by atoms with Crippen LogP contribution < -0.4 is 10.6 Å². The summed E-state index contributed by atoms with van der Waals surface area (Å²) in [7, 11) is 0. The molecule has 2 rings (SSSR count). The molecule has 9 heteroatoms. The Morgan fingerprint density at radius 3 is 2.62 bits per heavy atom. The van der Waals surface area contributed by atoms with Gasteiger partial charge in [-0.2, -0.15) is 13.2 Å². The molecule has 3 N–H and O–H groups in total. The SMILES string of the molecule is CC(=O)[C@@H]1[C@H](c2cccnc2)NC(=O)N[C@]1(O)C(F)(F)F. The van der Waals surface area contributed by atoms with Gasteiger partial charge in [0.05, 0.1) is 12.0 Å². The van der Waals surface area contributed by atoms with E-state index in [1.807, 2.05) is 0 Å². The van der Waals surface area contributed by atoms with Crippen molar-refractivity contribution < 1.29 is 27.9 Å². The Morgan fingerprint density at radius 1 is 1.48 bits per heavy atom. The van der Waals surface area contributed by atoms with Crippen LogP contribution in [0.15, 0.2) is 24.5 Å². The van der Waals surface area contributed by atoms with Gasteiger partial charge < -0.3 is 15.7 Å². The van der Waals surface area contributed by atoms with E-state index in [-0.39, 0.29) is 5.56 Å². The molecule has 0 saturated carbocycles. The first-order chi connectivity index (χ1) is 9.67. The number of aliphatic hydroxyl groups is 1. The van der Waals surface area contributed by atoms with Gasteiger partial charge in [-0.15, -0.1) is 0 Å². The van der Waals surface area contributed by atoms with Crippen LogP contribution >= 0.6 is 0 Å². The van der Waals surface area contributed by atoms with Crippen LogP contribution in [0.1, 0.15) is 18.5 Å². The zero-order valence-corrected chi connectivity index (χ0v) is 10.8. The highest BCUT2D eigenvalue weighted by atomic mass is 19.4. The van der Waals surface area contributed by atoms with Crippen molar-refractivity contribution in [2.75, 3.05) is 0 Å². The largest absolute Gasteiger partial charge is 0.437 e. The highest BCUT2D eigenvalue weighted by Gasteiger charge is 2.65. The molecule has 1 fully saturated rings. The summed E-state index contributed by atoms with van der Waals surface area (Å²) in [5.74, 6) is -2.85. The Morgan fingerprint density at radius 2 is 2.14 bits per heavy atom. The highest BCUT2D eigenvalue weighted by molar-refractivity contribution is 5.86. The van der Waals surface area contributed by atoms with Gasteiger partial charge in [-0.3, -0.25) is 9.78 Å². The number of alkyl halides is 3. The van der Waals surface area contributed by atoms with Gasteiger partial charge in [0.25, 0.3) is 0 Å². The summed E-state index contributed by atoms with van der Waals surface area (Å²) in [6.45, 7) is 0.921. The summed E-state index contributed by atoms with van der Waals surface area (Å²) in [5.41, 5.74) is -3.45. The van der Waals surface area contributed by atoms with Gasteiger partial charge >= 0.3 is 12.2 Å². The molecule has 21 heavy (non-hydrogen) atoms. The van der Waals surface area contributed by atoms with Crippen molar-refractivity contribution in [2.45, 2.75) is 24.9 Å². The number of carbonyl (C=O) groups excluding carboxylic acids is 2. The molecular weight excluding hydrogens is 291 g/mol. The van der Waals surface area contributed by atoms with Crippen molar-refractivity contribution in [1.82, 2.24) is 15.6 Å². The van der Waals surface area contributed by atoms with Crippen molar-refractivity contribution >= 4 is 11.8 Å². The number of carbonyl (C=O) groups is 2. The molecule has 6 nitrogen and oxygen atoms in total. The molecule has 1 aromatic heterocycles. The first-order valence-corrected chi connectivity index (χ1v) is 5.95. The number of aromatic nitrogens is 1. The maximum atomic E-state index is 13.1. The van der Waals surface area contributed by atoms with Crippen LogP contribution in [0.2, 0.25) is 0 Å². The van der Waals surface area contributed by atoms with Crippen LogP contribution in [0, 0.1) is 5.92 Å². The summed E-state index contributed by atoms with van der Waals surface area (Å²) < 4.78 is 39.4. The third-order valence-electron chi connectivity index (χ3n) is 3.29. The molecule has 0 aromatic carbocycles. The quantitative estimate of drug-likeness (QED) is 0.757. The summed E-state index contributed by atoms with van der Waals surface area (Å²) in [6, 6.07) is 0.307. The zero-order valence-electron chi connectivity index (χ0n) is 10.8. The highest BCUT2D eigenvalue weighted by Crippen LogP contribution is 2.42. The van der Waals surface area contributed by atoms with Gasteiger partial charge in [0, 0.05) is 12.4 Å². The van der Waals surface area contributed by atoms with E-state index in [0.29, 0.717) is 0 Å². The lowest BCUT2D eigenvalue weighted by Gasteiger charge is -2.44. The molecule has 114 valence electrons. The van der Waals surface area contributed by atoms with Crippen LogP contribution in [0.4, 0.5) is 18.0 Å². The third kappa shape index (κ3) is 2.56. The van der Waals surface area contributed by atoms with Gasteiger partial charge in [-0.25, -0.2) is 4.79 Å². The van der Waals surface area contributed by atoms with Crippen molar-refractivity contribution in [2.24, 2.45) is 5.92 Å². The molecule has 0 spiro atoms. The lowest BCUT2D eigenvalue weighted by Crippen LogP contribution is -2.72. The number of halogens is 3. The maximum Gasteiger partial charge on any atom is 0.437 e. The molecular formula is C12H12F3N3O3. The molecule has 2 amide bonds. The number of hydrogen-bond acceptors (Lipinski definition) is 4. The lowest BCUT2D eigenvalue weighted by molar-refractivity contribution is -0.290. The second kappa shape index (κ2) is 4.99. The fraction of sp³-hybridized carbons (Fsp3) is 0.417. The maximum absolute atomic E-state index is 13.1. The van der Waals surface area contributed by atoms with Crippen LogP contribution in [-0.4, -0.2) is 33.8 Å². The summed E-state index contributed by atoms with van der Waals surface area (Å²) in [6.07, 6.45) is -2.59. The zero-order chi connectivity index (χ0) is 15.8. The minimum atomic E-state index is -5.21. The fourth-order valence-corrected chi connectivity index (χ4v) is 2.36. The third-order valence-corrected chi connectivity index (χ3v) is 3.29. The van der Waals surface area contributed by atoms with E-state index in [2.05, 4.69) is 10.3 Å². The molecule has 2 heterocycles. The molecule has 1 aliphatic heterocycles. The van der Waals surface area contributed by atoms with E-state index in [0.717, 1.165) is 6.92 Å². The van der Waals surface area contributed by atoms with E-state index < -0.39 is 35.7 Å².